The third-order valence-electron chi connectivity index (χ3n) is 3.90. The average Bonchev–Trinajstić information content (AvgIpc) is 2.90. The minimum Gasteiger partial charge on any atom is -0.323 e. The summed E-state index contributed by atoms with van der Waals surface area (Å²) in [7, 11) is 0. The quantitative estimate of drug-likeness (QED) is 0.877. The van der Waals surface area contributed by atoms with Crippen LogP contribution in [0.3, 0.4) is 0 Å². The van der Waals surface area contributed by atoms with Gasteiger partial charge in [0.2, 0.25) is 0 Å². The Morgan fingerprint density at radius 2 is 1.28 bits per heavy atom. The fourth-order valence-corrected chi connectivity index (χ4v) is 2.60. The molecule has 2 aromatic heterocycles. The van der Waals surface area contributed by atoms with Gasteiger partial charge in [0.1, 0.15) is 0 Å². The standard InChI is InChI=1S/C17H20N6O2/c24-16(20-14-4-1-6-18-12-14)22-8-3-9-23(11-10-22)17(25)21-15-5-2-7-19-13-15/h1-2,4-7,12-13H,3,8-11H2,(H,20,24)(H,21,25). The van der Waals surface area contributed by atoms with E-state index in [0.29, 0.717) is 37.6 Å². The van der Waals surface area contributed by atoms with Gasteiger partial charge in [-0.3, -0.25) is 9.97 Å². The summed E-state index contributed by atoms with van der Waals surface area (Å²) in [5, 5.41) is 5.64. The number of carbonyl (C=O) groups is 2. The third kappa shape index (κ3) is 4.66. The van der Waals surface area contributed by atoms with Crippen LogP contribution < -0.4 is 10.6 Å². The van der Waals surface area contributed by atoms with Gasteiger partial charge in [0, 0.05) is 38.6 Å². The summed E-state index contributed by atoms with van der Waals surface area (Å²) >= 11 is 0. The molecule has 0 aliphatic carbocycles. The van der Waals surface area contributed by atoms with Crippen LogP contribution in [0.4, 0.5) is 21.0 Å². The number of nitrogens with zero attached hydrogens (tertiary/aromatic N) is 4. The summed E-state index contributed by atoms with van der Waals surface area (Å²) in [6.45, 7) is 2.16. The molecule has 4 amide bonds. The highest BCUT2D eigenvalue weighted by atomic mass is 16.2. The lowest BCUT2D eigenvalue weighted by atomic mass is 10.4. The van der Waals surface area contributed by atoms with Crippen LogP contribution in [-0.4, -0.2) is 58.0 Å². The van der Waals surface area contributed by atoms with E-state index in [4.69, 9.17) is 0 Å². The van der Waals surface area contributed by atoms with Gasteiger partial charge in [-0.1, -0.05) is 0 Å². The number of aromatic nitrogens is 2. The molecule has 25 heavy (non-hydrogen) atoms. The zero-order valence-electron chi connectivity index (χ0n) is 13.8. The van der Waals surface area contributed by atoms with Gasteiger partial charge < -0.3 is 20.4 Å². The summed E-state index contributed by atoms with van der Waals surface area (Å²) in [6.07, 6.45) is 7.23. The first-order valence-electron chi connectivity index (χ1n) is 8.14. The summed E-state index contributed by atoms with van der Waals surface area (Å²) < 4.78 is 0. The first-order chi connectivity index (χ1) is 12.2. The molecule has 130 valence electrons. The Bertz CT molecular complexity index is 648. The number of hydrogen-bond acceptors (Lipinski definition) is 4. The molecule has 1 fully saturated rings. The second-order valence-corrected chi connectivity index (χ2v) is 5.67. The number of rotatable bonds is 2. The maximum Gasteiger partial charge on any atom is 0.321 e. The minimum absolute atomic E-state index is 0.178. The van der Waals surface area contributed by atoms with E-state index in [0.717, 1.165) is 6.42 Å². The van der Waals surface area contributed by atoms with Gasteiger partial charge >= 0.3 is 12.1 Å². The summed E-state index contributed by atoms with van der Waals surface area (Å²) in [6, 6.07) is 6.75. The molecule has 0 atom stereocenters. The number of pyridine rings is 2. The van der Waals surface area contributed by atoms with Crippen molar-refractivity contribution in [1.29, 1.82) is 0 Å². The Labute approximate surface area is 145 Å². The summed E-state index contributed by atoms with van der Waals surface area (Å²) in [4.78, 5) is 36.1. The molecule has 2 N–H and O–H groups in total. The van der Waals surface area contributed by atoms with Crippen LogP contribution in [0.25, 0.3) is 0 Å². The fourth-order valence-electron chi connectivity index (χ4n) is 2.60. The van der Waals surface area contributed by atoms with Crippen LogP contribution in [0.15, 0.2) is 49.1 Å². The van der Waals surface area contributed by atoms with Crippen LogP contribution in [0.5, 0.6) is 0 Å². The van der Waals surface area contributed by atoms with Gasteiger partial charge in [-0.05, 0) is 30.7 Å². The van der Waals surface area contributed by atoms with E-state index in [1.807, 2.05) is 0 Å². The van der Waals surface area contributed by atoms with Crippen molar-refractivity contribution in [1.82, 2.24) is 19.8 Å². The Balaban J connectivity index is 1.53. The highest BCUT2D eigenvalue weighted by molar-refractivity contribution is 5.90. The van der Waals surface area contributed by atoms with Gasteiger partial charge in [0.15, 0.2) is 0 Å². The highest BCUT2D eigenvalue weighted by Gasteiger charge is 2.22. The minimum atomic E-state index is -0.178. The maximum atomic E-state index is 12.3. The van der Waals surface area contributed by atoms with Crippen LogP contribution in [-0.2, 0) is 0 Å². The van der Waals surface area contributed by atoms with E-state index < -0.39 is 0 Å². The zero-order chi connectivity index (χ0) is 17.5. The summed E-state index contributed by atoms with van der Waals surface area (Å²) in [5.74, 6) is 0. The monoisotopic (exact) mass is 340 g/mol. The number of carbonyl (C=O) groups excluding carboxylic acids is 2. The van der Waals surface area contributed by atoms with Gasteiger partial charge in [-0.25, -0.2) is 9.59 Å². The topological polar surface area (TPSA) is 90.5 Å². The second kappa shape index (κ2) is 8.09. The fraction of sp³-hybridized carbons (Fsp3) is 0.294. The Kier molecular flexibility index (Phi) is 5.40. The molecule has 0 radical (unpaired) electrons. The predicted octanol–water partition coefficient (Wildman–Crippen LogP) is 2.25. The van der Waals surface area contributed by atoms with E-state index in [9.17, 15) is 9.59 Å². The molecule has 0 saturated carbocycles. The molecule has 3 rings (SSSR count). The molecule has 0 spiro atoms. The lowest BCUT2D eigenvalue weighted by Gasteiger charge is -2.22. The molecule has 0 bridgehead atoms. The summed E-state index contributed by atoms with van der Waals surface area (Å²) in [5.41, 5.74) is 1.31. The molecule has 3 heterocycles. The first-order valence-corrected chi connectivity index (χ1v) is 8.14. The van der Waals surface area contributed by atoms with E-state index in [1.165, 1.54) is 0 Å². The molecule has 1 aliphatic heterocycles. The van der Waals surface area contributed by atoms with Crippen LogP contribution in [0.1, 0.15) is 6.42 Å². The Morgan fingerprint density at radius 3 is 1.68 bits per heavy atom. The number of amides is 4. The second-order valence-electron chi connectivity index (χ2n) is 5.67. The molecule has 8 heteroatoms. The normalized spacial score (nSPS) is 14.6. The number of nitrogens with one attached hydrogen (secondary N) is 2. The highest BCUT2D eigenvalue weighted by Crippen LogP contribution is 2.10. The SMILES string of the molecule is O=C(Nc1cccnc1)N1CCCN(C(=O)Nc2cccnc2)CC1. The van der Waals surface area contributed by atoms with Gasteiger partial charge in [0.05, 0.1) is 23.8 Å². The van der Waals surface area contributed by atoms with Crippen LogP contribution >= 0.6 is 0 Å². The molecule has 8 nitrogen and oxygen atoms in total. The smallest absolute Gasteiger partial charge is 0.321 e. The first kappa shape index (κ1) is 16.7. The molecule has 0 aromatic carbocycles. The van der Waals surface area contributed by atoms with Crippen molar-refractivity contribution in [2.75, 3.05) is 36.8 Å². The van der Waals surface area contributed by atoms with Crippen molar-refractivity contribution in [3.63, 3.8) is 0 Å². The molecular formula is C17H20N6O2. The number of hydrogen-bond donors (Lipinski definition) is 2. The van der Waals surface area contributed by atoms with Gasteiger partial charge in [0.25, 0.3) is 0 Å². The van der Waals surface area contributed by atoms with Crippen LogP contribution in [0, 0.1) is 0 Å². The third-order valence-corrected chi connectivity index (χ3v) is 3.90. The van der Waals surface area contributed by atoms with Gasteiger partial charge in [-0.15, -0.1) is 0 Å². The van der Waals surface area contributed by atoms with Crippen LogP contribution in [0.2, 0.25) is 0 Å². The number of urea groups is 2. The van der Waals surface area contributed by atoms with Crippen molar-refractivity contribution in [3.05, 3.63) is 49.1 Å². The maximum absolute atomic E-state index is 12.3. The Hall–Kier alpha value is -3.16. The molecular weight excluding hydrogens is 320 g/mol. The largest absolute Gasteiger partial charge is 0.323 e. The van der Waals surface area contributed by atoms with E-state index >= 15 is 0 Å². The zero-order valence-corrected chi connectivity index (χ0v) is 13.8. The molecule has 1 aliphatic rings. The lowest BCUT2D eigenvalue weighted by Crippen LogP contribution is -2.40. The molecule has 2 aromatic rings. The average molecular weight is 340 g/mol. The van der Waals surface area contributed by atoms with Crippen molar-refractivity contribution in [2.24, 2.45) is 0 Å². The van der Waals surface area contributed by atoms with Crippen molar-refractivity contribution >= 4 is 23.4 Å². The van der Waals surface area contributed by atoms with E-state index in [1.54, 1.807) is 58.9 Å². The van der Waals surface area contributed by atoms with E-state index in [2.05, 4.69) is 20.6 Å². The van der Waals surface area contributed by atoms with Crippen molar-refractivity contribution in [2.45, 2.75) is 6.42 Å². The number of anilines is 2. The van der Waals surface area contributed by atoms with Gasteiger partial charge in [-0.2, -0.15) is 0 Å². The lowest BCUT2D eigenvalue weighted by molar-refractivity contribution is 0.205. The molecule has 1 saturated heterocycles. The predicted molar refractivity (Wildman–Crippen MR) is 94.3 cm³/mol. The van der Waals surface area contributed by atoms with Crippen molar-refractivity contribution in [3.8, 4) is 0 Å². The van der Waals surface area contributed by atoms with Crippen molar-refractivity contribution < 1.29 is 9.59 Å². The molecule has 0 unspecified atom stereocenters. The Morgan fingerprint density at radius 1 is 0.800 bits per heavy atom. The van der Waals surface area contributed by atoms with E-state index in [-0.39, 0.29) is 12.1 Å².